The summed E-state index contributed by atoms with van der Waals surface area (Å²) in [4.78, 5) is 32.2. The Morgan fingerprint density at radius 2 is 2.09 bits per heavy atom. The van der Waals surface area contributed by atoms with Crippen LogP contribution in [0.25, 0.3) is 27.5 Å². The standard InChI is InChI=1S/C22H16FN5O3S/c1-11(29)25-22-26-16-6-5-14-18(13-3-2-8-24-10-13)27-28(19(14)20(16)32-22)17-7-4-12(21(30)31)9-15(17)23/h2-4,7-10H,5-6H2,1H3,(H,30,31)(H,25,26,29). The van der Waals surface area contributed by atoms with Crippen molar-refractivity contribution in [2.24, 2.45) is 0 Å². The Kier molecular flexibility index (Phi) is 4.78. The van der Waals surface area contributed by atoms with Gasteiger partial charge in [-0.05, 0) is 43.2 Å². The van der Waals surface area contributed by atoms with Crippen LogP contribution in [0.1, 0.15) is 28.5 Å². The summed E-state index contributed by atoms with van der Waals surface area (Å²) in [6.45, 7) is 1.41. The maximum Gasteiger partial charge on any atom is 0.335 e. The van der Waals surface area contributed by atoms with Gasteiger partial charge in [0.05, 0.1) is 27.5 Å². The third kappa shape index (κ3) is 3.34. The molecule has 5 rings (SSSR count). The van der Waals surface area contributed by atoms with Crippen LogP contribution in [-0.2, 0) is 17.6 Å². The number of hydrogen-bond acceptors (Lipinski definition) is 6. The second-order valence-corrected chi connectivity index (χ2v) is 8.28. The summed E-state index contributed by atoms with van der Waals surface area (Å²) in [5, 5.41) is 17.1. The molecule has 3 heterocycles. The second-order valence-electron chi connectivity index (χ2n) is 7.28. The molecule has 1 aliphatic rings. The van der Waals surface area contributed by atoms with E-state index in [4.69, 9.17) is 5.10 Å². The number of nitrogens with one attached hydrogen (secondary N) is 1. The molecular weight excluding hydrogens is 433 g/mol. The van der Waals surface area contributed by atoms with Crippen LogP contribution in [0.4, 0.5) is 9.52 Å². The quantitative estimate of drug-likeness (QED) is 0.488. The number of amides is 1. The predicted molar refractivity (Wildman–Crippen MR) is 117 cm³/mol. The summed E-state index contributed by atoms with van der Waals surface area (Å²) in [5.41, 5.74) is 3.85. The highest BCUT2D eigenvalue weighted by molar-refractivity contribution is 7.19. The van der Waals surface area contributed by atoms with E-state index < -0.39 is 11.8 Å². The zero-order valence-corrected chi connectivity index (χ0v) is 17.6. The lowest BCUT2D eigenvalue weighted by Gasteiger charge is -2.14. The Morgan fingerprint density at radius 3 is 2.78 bits per heavy atom. The number of carbonyl (C=O) groups excluding carboxylic acids is 1. The summed E-state index contributed by atoms with van der Waals surface area (Å²) in [7, 11) is 0. The molecule has 160 valence electrons. The number of carbonyl (C=O) groups is 2. The van der Waals surface area contributed by atoms with Gasteiger partial charge in [0.15, 0.2) is 5.13 Å². The molecule has 3 aromatic heterocycles. The average molecular weight is 449 g/mol. The van der Waals surface area contributed by atoms with Crippen molar-refractivity contribution in [2.75, 3.05) is 5.32 Å². The third-order valence-corrected chi connectivity index (χ3v) is 6.17. The average Bonchev–Trinajstić information content (AvgIpc) is 3.34. The van der Waals surface area contributed by atoms with Gasteiger partial charge in [0.2, 0.25) is 5.91 Å². The van der Waals surface area contributed by atoms with Gasteiger partial charge in [-0.25, -0.2) is 18.9 Å². The number of halogens is 1. The van der Waals surface area contributed by atoms with E-state index in [1.165, 1.54) is 35.1 Å². The van der Waals surface area contributed by atoms with Gasteiger partial charge < -0.3 is 10.4 Å². The molecule has 1 aromatic carbocycles. The molecule has 32 heavy (non-hydrogen) atoms. The van der Waals surface area contributed by atoms with Crippen molar-refractivity contribution in [3.05, 3.63) is 65.4 Å². The Morgan fingerprint density at radius 1 is 1.25 bits per heavy atom. The maximum atomic E-state index is 15.0. The molecule has 0 fully saturated rings. The van der Waals surface area contributed by atoms with E-state index in [2.05, 4.69) is 15.3 Å². The van der Waals surface area contributed by atoms with E-state index in [0.29, 0.717) is 29.4 Å². The molecule has 1 amide bonds. The molecule has 0 saturated carbocycles. The van der Waals surface area contributed by atoms with Gasteiger partial charge in [0.1, 0.15) is 11.5 Å². The Bertz CT molecular complexity index is 1380. The van der Waals surface area contributed by atoms with Gasteiger partial charge in [0.25, 0.3) is 0 Å². The van der Waals surface area contributed by atoms with Crippen molar-refractivity contribution in [1.82, 2.24) is 19.7 Å². The van der Waals surface area contributed by atoms with Crippen LogP contribution in [0, 0.1) is 5.82 Å². The van der Waals surface area contributed by atoms with Crippen LogP contribution >= 0.6 is 11.3 Å². The van der Waals surface area contributed by atoms with E-state index in [-0.39, 0.29) is 17.2 Å². The van der Waals surface area contributed by atoms with Gasteiger partial charge in [-0.3, -0.25) is 9.78 Å². The first-order valence-electron chi connectivity index (χ1n) is 9.75. The van der Waals surface area contributed by atoms with E-state index in [0.717, 1.165) is 27.8 Å². The summed E-state index contributed by atoms with van der Waals surface area (Å²) in [6, 6.07) is 7.42. The Hall–Kier alpha value is -3.92. The van der Waals surface area contributed by atoms with Crippen LogP contribution < -0.4 is 5.32 Å². The fourth-order valence-electron chi connectivity index (χ4n) is 3.79. The van der Waals surface area contributed by atoms with Crippen LogP contribution in [0.15, 0.2) is 42.7 Å². The van der Waals surface area contributed by atoms with Gasteiger partial charge in [-0.1, -0.05) is 11.3 Å². The largest absolute Gasteiger partial charge is 0.478 e. The number of hydrogen-bond donors (Lipinski definition) is 2. The van der Waals surface area contributed by atoms with Gasteiger partial charge in [-0.2, -0.15) is 5.10 Å². The van der Waals surface area contributed by atoms with Gasteiger partial charge in [0, 0.05) is 30.4 Å². The van der Waals surface area contributed by atoms with Crippen molar-refractivity contribution in [3.63, 3.8) is 0 Å². The van der Waals surface area contributed by atoms with Crippen LogP contribution in [0.3, 0.4) is 0 Å². The number of fused-ring (bicyclic) bond motifs is 3. The second kappa shape index (κ2) is 7.65. The minimum Gasteiger partial charge on any atom is -0.478 e. The SMILES string of the molecule is CC(=O)Nc1nc2c(s1)-c1c(c(-c3cccnc3)nn1-c1ccc(C(=O)O)cc1F)CC2. The maximum absolute atomic E-state index is 15.0. The molecular formula is C22H16FN5O3S. The molecule has 0 atom stereocenters. The molecule has 0 saturated heterocycles. The molecule has 0 spiro atoms. The first-order valence-corrected chi connectivity index (χ1v) is 10.6. The van der Waals surface area contributed by atoms with Crippen molar-refractivity contribution >= 4 is 28.3 Å². The minimum absolute atomic E-state index is 0.128. The highest BCUT2D eigenvalue weighted by Gasteiger charge is 2.30. The molecule has 8 nitrogen and oxygen atoms in total. The highest BCUT2D eigenvalue weighted by atomic mass is 32.1. The van der Waals surface area contributed by atoms with Crippen LogP contribution in [0.5, 0.6) is 0 Å². The number of nitrogens with zero attached hydrogens (tertiary/aromatic N) is 4. The van der Waals surface area contributed by atoms with Crippen molar-refractivity contribution in [2.45, 2.75) is 19.8 Å². The fourth-order valence-corrected chi connectivity index (χ4v) is 4.91. The highest BCUT2D eigenvalue weighted by Crippen LogP contribution is 2.44. The summed E-state index contributed by atoms with van der Waals surface area (Å²) >= 11 is 1.30. The Labute approximate surface area is 185 Å². The minimum atomic E-state index is -1.21. The first kappa shape index (κ1) is 20.0. The lowest BCUT2D eigenvalue weighted by molar-refractivity contribution is -0.114. The fraction of sp³-hybridized carbons (Fsp3) is 0.136. The molecule has 10 heteroatoms. The number of aromatic nitrogens is 4. The molecule has 0 unspecified atom stereocenters. The number of carboxylic acid groups (broad SMARTS) is 1. The van der Waals surface area contributed by atoms with E-state index in [1.807, 2.05) is 6.07 Å². The van der Waals surface area contributed by atoms with Gasteiger partial charge >= 0.3 is 5.97 Å². The number of pyridine rings is 1. The molecule has 4 aromatic rings. The third-order valence-electron chi connectivity index (χ3n) is 5.15. The zero-order valence-electron chi connectivity index (χ0n) is 16.8. The molecule has 0 aliphatic heterocycles. The van der Waals surface area contributed by atoms with E-state index in [1.54, 1.807) is 18.5 Å². The number of aromatic carboxylic acids is 1. The van der Waals surface area contributed by atoms with Crippen molar-refractivity contribution in [3.8, 4) is 27.5 Å². The molecule has 2 N–H and O–H groups in total. The van der Waals surface area contributed by atoms with Crippen LogP contribution in [0.2, 0.25) is 0 Å². The van der Waals surface area contributed by atoms with Gasteiger partial charge in [-0.15, -0.1) is 0 Å². The number of aryl methyl sites for hydroxylation is 1. The van der Waals surface area contributed by atoms with E-state index >= 15 is 4.39 Å². The van der Waals surface area contributed by atoms with Crippen molar-refractivity contribution < 1.29 is 19.1 Å². The summed E-state index contributed by atoms with van der Waals surface area (Å²) in [5.74, 6) is -2.14. The number of thiazole rings is 1. The lowest BCUT2D eigenvalue weighted by Crippen LogP contribution is -2.08. The topological polar surface area (TPSA) is 110 Å². The normalized spacial score (nSPS) is 12.2. The number of benzene rings is 1. The Balaban J connectivity index is 1.75. The lowest BCUT2D eigenvalue weighted by atomic mass is 9.95. The number of rotatable bonds is 4. The zero-order chi connectivity index (χ0) is 22.4. The summed E-state index contributed by atoms with van der Waals surface area (Å²) in [6.07, 6.45) is 4.64. The molecule has 1 aliphatic carbocycles. The monoisotopic (exact) mass is 449 g/mol. The van der Waals surface area contributed by atoms with Crippen LogP contribution in [-0.4, -0.2) is 36.7 Å². The van der Waals surface area contributed by atoms with Crippen molar-refractivity contribution in [1.29, 1.82) is 0 Å². The predicted octanol–water partition coefficient (Wildman–Crippen LogP) is 3.95. The summed E-state index contributed by atoms with van der Waals surface area (Å²) < 4.78 is 16.5. The molecule has 0 bridgehead atoms. The number of anilines is 1. The van der Waals surface area contributed by atoms with E-state index in [9.17, 15) is 14.7 Å². The smallest absolute Gasteiger partial charge is 0.335 e. The number of carboxylic acids is 1. The molecule has 0 radical (unpaired) electrons. The first-order chi connectivity index (χ1) is 15.4.